The monoisotopic (exact) mass is 360 g/mol. The fourth-order valence-corrected chi connectivity index (χ4v) is 3.67. The van der Waals surface area contributed by atoms with Gasteiger partial charge in [0.05, 0.1) is 23.2 Å². The third kappa shape index (κ3) is 2.71. The number of nitrogens with one attached hydrogen (secondary N) is 3. The Kier molecular flexibility index (Phi) is 3.64. The number of rotatable bonds is 4. The zero-order chi connectivity index (χ0) is 17.6. The van der Waals surface area contributed by atoms with Crippen molar-refractivity contribution < 1.29 is 9.59 Å². The summed E-state index contributed by atoms with van der Waals surface area (Å²) in [6.07, 6.45) is 0.117. The van der Waals surface area contributed by atoms with Crippen molar-refractivity contribution in [1.82, 2.24) is 30.3 Å². The van der Waals surface area contributed by atoms with E-state index in [1.54, 1.807) is 22.0 Å². The maximum absolute atomic E-state index is 12.3. The van der Waals surface area contributed by atoms with Crippen molar-refractivity contribution in [2.45, 2.75) is 13.3 Å². The van der Waals surface area contributed by atoms with Crippen LogP contribution in [0.4, 0.5) is 15.7 Å². The maximum atomic E-state index is 12.3. The van der Waals surface area contributed by atoms with Crippen LogP contribution in [0, 0.1) is 6.92 Å². The molecule has 0 spiro atoms. The molecule has 11 heteroatoms. The second kappa shape index (κ2) is 5.84. The van der Waals surface area contributed by atoms with Crippen LogP contribution in [0.3, 0.4) is 0 Å². The summed E-state index contributed by atoms with van der Waals surface area (Å²) >= 11 is 1.35. The smallest absolute Gasteiger partial charge is 0.323 e. The molecule has 0 unspecified atom stereocenters. The second-order valence-corrected chi connectivity index (χ2v) is 6.57. The predicted molar refractivity (Wildman–Crippen MR) is 92.8 cm³/mol. The standard InChI is InChI=1S/C14H16N8O2S/c1-7-10-11(18-19-12(10)21(2)20-7)17-9(23)5-8-6-25-14(16-8)22-4-3-15-13(22)24/h6H,3-5H2,1-2H3,(H,15,24)(H2,17,18,19,23). The molecule has 0 bridgehead atoms. The molecule has 3 aromatic rings. The van der Waals surface area contributed by atoms with E-state index in [1.165, 1.54) is 11.3 Å². The first-order chi connectivity index (χ1) is 12.0. The third-order valence-corrected chi connectivity index (χ3v) is 4.86. The number of nitrogens with zero attached hydrogens (tertiary/aromatic N) is 5. The van der Waals surface area contributed by atoms with Gasteiger partial charge in [0, 0.05) is 25.5 Å². The molecule has 1 aliphatic heterocycles. The Balaban J connectivity index is 1.47. The number of thiazole rings is 1. The molecule has 10 nitrogen and oxygen atoms in total. The molecule has 3 aromatic heterocycles. The summed E-state index contributed by atoms with van der Waals surface area (Å²) in [6, 6.07) is -0.155. The molecule has 4 rings (SSSR count). The van der Waals surface area contributed by atoms with Crippen LogP contribution in [-0.4, -0.2) is 50.0 Å². The quantitative estimate of drug-likeness (QED) is 0.635. The summed E-state index contributed by atoms with van der Waals surface area (Å²) in [4.78, 5) is 29.9. The van der Waals surface area contributed by atoms with Gasteiger partial charge in [-0.2, -0.15) is 10.2 Å². The number of aryl methyl sites for hydroxylation is 2. The highest BCUT2D eigenvalue weighted by Crippen LogP contribution is 2.24. The number of aromatic nitrogens is 5. The number of H-pyrrole nitrogens is 1. The Morgan fingerprint density at radius 1 is 1.48 bits per heavy atom. The maximum Gasteiger partial charge on any atom is 0.323 e. The number of fused-ring (bicyclic) bond motifs is 1. The van der Waals surface area contributed by atoms with Gasteiger partial charge in [0.2, 0.25) is 5.91 Å². The molecule has 3 N–H and O–H groups in total. The fraction of sp³-hybridized carbons (Fsp3) is 0.357. The molecule has 0 radical (unpaired) electrons. The summed E-state index contributed by atoms with van der Waals surface area (Å²) in [5, 5.41) is 20.0. The predicted octanol–water partition coefficient (Wildman–Crippen LogP) is 0.772. The van der Waals surface area contributed by atoms with Crippen molar-refractivity contribution in [3.05, 3.63) is 16.8 Å². The number of urea groups is 1. The largest absolute Gasteiger partial charge is 0.336 e. The lowest BCUT2D eigenvalue weighted by atomic mass is 10.3. The summed E-state index contributed by atoms with van der Waals surface area (Å²) in [7, 11) is 1.80. The molecule has 4 heterocycles. The van der Waals surface area contributed by atoms with Crippen LogP contribution >= 0.6 is 11.3 Å². The van der Waals surface area contributed by atoms with Gasteiger partial charge in [0.25, 0.3) is 0 Å². The molecule has 0 aliphatic carbocycles. The minimum Gasteiger partial charge on any atom is -0.336 e. The summed E-state index contributed by atoms with van der Waals surface area (Å²) in [6.45, 7) is 3.06. The molecule has 3 amide bonds. The van der Waals surface area contributed by atoms with Crippen LogP contribution in [0.5, 0.6) is 0 Å². The van der Waals surface area contributed by atoms with Crippen LogP contribution in [0.25, 0.3) is 11.0 Å². The van der Waals surface area contributed by atoms with Gasteiger partial charge in [0.15, 0.2) is 10.8 Å². The van der Waals surface area contributed by atoms with E-state index in [2.05, 4.69) is 30.9 Å². The van der Waals surface area contributed by atoms with E-state index in [1.807, 2.05) is 6.92 Å². The number of amides is 3. The number of aromatic amines is 1. The average molecular weight is 360 g/mol. The van der Waals surface area contributed by atoms with Crippen LogP contribution < -0.4 is 15.5 Å². The van der Waals surface area contributed by atoms with Crippen molar-refractivity contribution in [2.75, 3.05) is 23.3 Å². The lowest BCUT2D eigenvalue weighted by Gasteiger charge is -2.08. The molecule has 1 fully saturated rings. The number of carbonyl (C=O) groups is 2. The summed E-state index contributed by atoms with van der Waals surface area (Å²) in [5.41, 5.74) is 2.09. The van der Waals surface area contributed by atoms with Gasteiger partial charge in [-0.05, 0) is 6.92 Å². The van der Waals surface area contributed by atoms with Crippen molar-refractivity contribution >= 4 is 45.3 Å². The number of anilines is 2. The highest BCUT2D eigenvalue weighted by atomic mass is 32.1. The Bertz CT molecular complexity index is 971. The van der Waals surface area contributed by atoms with Crippen molar-refractivity contribution in [3.8, 4) is 0 Å². The Hall–Kier alpha value is -2.95. The molecule has 0 saturated carbocycles. The zero-order valence-electron chi connectivity index (χ0n) is 13.7. The van der Waals surface area contributed by atoms with E-state index >= 15 is 0 Å². The molecule has 130 valence electrons. The lowest BCUT2D eigenvalue weighted by Crippen LogP contribution is -2.27. The summed E-state index contributed by atoms with van der Waals surface area (Å²) in [5.74, 6) is 0.316. The SMILES string of the molecule is Cc1nn(C)c2n[nH]c(NC(=O)Cc3csc(N4CCNC4=O)n3)c12. The first-order valence-corrected chi connectivity index (χ1v) is 8.58. The molecule has 0 aromatic carbocycles. The van der Waals surface area contributed by atoms with E-state index in [0.29, 0.717) is 35.4 Å². The Labute approximate surface area is 146 Å². The van der Waals surface area contributed by atoms with Gasteiger partial charge < -0.3 is 10.6 Å². The number of carbonyl (C=O) groups excluding carboxylic acids is 2. The van der Waals surface area contributed by atoms with Crippen molar-refractivity contribution in [3.63, 3.8) is 0 Å². The van der Waals surface area contributed by atoms with Gasteiger partial charge in [-0.1, -0.05) is 0 Å². The van der Waals surface area contributed by atoms with E-state index in [-0.39, 0.29) is 18.4 Å². The molecular weight excluding hydrogens is 344 g/mol. The van der Waals surface area contributed by atoms with Gasteiger partial charge in [-0.3, -0.25) is 14.8 Å². The highest BCUT2D eigenvalue weighted by molar-refractivity contribution is 7.14. The van der Waals surface area contributed by atoms with E-state index < -0.39 is 0 Å². The molecular formula is C14H16N8O2S. The van der Waals surface area contributed by atoms with E-state index in [0.717, 1.165) is 11.1 Å². The van der Waals surface area contributed by atoms with E-state index in [9.17, 15) is 9.59 Å². The van der Waals surface area contributed by atoms with Crippen LogP contribution in [-0.2, 0) is 18.3 Å². The number of hydrogen-bond acceptors (Lipinski definition) is 6. The van der Waals surface area contributed by atoms with Crippen LogP contribution in [0.15, 0.2) is 5.38 Å². The summed E-state index contributed by atoms with van der Waals surface area (Å²) < 4.78 is 1.66. The Morgan fingerprint density at radius 3 is 3.08 bits per heavy atom. The van der Waals surface area contributed by atoms with Gasteiger partial charge in [-0.25, -0.2) is 14.5 Å². The third-order valence-electron chi connectivity index (χ3n) is 3.95. The molecule has 0 atom stereocenters. The second-order valence-electron chi connectivity index (χ2n) is 5.74. The normalized spacial score (nSPS) is 14.3. The van der Waals surface area contributed by atoms with Gasteiger partial charge in [0.1, 0.15) is 5.82 Å². The van der Waals surface area contributed by atoms with Gasteiger partial charge in [-0.15, -0.1) is 11.3 Å². The lowest BCUT2D eigenvalue weighted by molar-refractivity contribution is -0.115. The van der Waals surface area contributed by atoms with Crippen LogP contribution in [0.2, 0.25) is 0 Å². The van der Waals surface area contributed by atoms with Gasteiger partial charge >= 0.3 is 6.03 Å². The fourth-order valence-electron chi connectivity index (χ4n) is 2.83. The topological polar surface area (TPSA) is 121 Å². The minimum absolute atomic E-state index is 0.117. The molecule has 1 saturated heterocycles. The zero-order valence-corrected chi connectivity index (χ0v) is 14.5. The first-order valence-electron chi connectivity index (χ1n) is 7.70. The van der Waals surface area contributed by atoms with E-state index in [4.69, 9.17) is 0 Å². The first kappa shape index (κ1) is 15.6. The highest BCUT2D eigenvalue weighted by Gasteiger charge is 2.24. The molecule has 1 aliphatic rings. The van der Waals surface area contributed by atoms with Crippen molar-refractivity contribution in [2.24, 2.45) is 7.05 Å². The number of hydrogen-bond donors (Lipinski definition) is 3. The molecule has 25 heavy (non-hydrogen) atoms. The van der Waals surface area contributed by atoms with Crippen molar-refractivity contribution in [1.29, 1.82) is 0 Å². The Morgan fingerprint density at radius 2 is 2.32 bits per heavy atom. The minimum atomic E-state index is -0.212. The van der Waals surface area contributed by atoms with Crippen LogP contribution in [0.1, 0.15) is 11.4 Å². The average Bonchev–Trinajstić information content (AvgIpc) is 3.29.